The van der Waals surface area contributed by atoms with Gasteiger partial charge < -0.3 is 5.32 Å². The summed E-state index contributed by atoms with van der Waals surface area (Å²) in [6, 6.07) is 0. The van der Waals surface area contributed by atoms with Crippen LogP contribution in [0.15, 0.2) is 0 Å². The lowest BCUT2D eigenvalue weighted by Crippen LogP contribution is -2.52. The Kier molecular flexibility index (Phi) is 3.36. The van der Waals surface area contributed by atoms with E-state index in [1.165, 1.54) is 0 Å². The van der Waals surface area contributed by atoms with Crippen molar-refractivity contribution in [3.63, 3.8) is 0 Å². The van der Waals surface area contributed by atoms with Gasteiger partial charge in [0.2, 0.25) is 0 Å². The predicted octanol–water partition coefficient (Wildman–Crippen LogP) is 2.09. The number of rotatable bonds is 4. The van der Waals surface area contributed by atoms with Crippen molar-refractivity contribution in [1.29, 1.82) is 0 Å². The highest BCUT2D eigenvalue weighted by Crippen LogP contribution is 2.54. The van der Waals surface area contributed by atoms with E-state index >= 15 is 0 Å². The minimum Gasteiger partial charge on any atom is -0.319 e. The first-order valence-electron chi connectivity index (χ1n) is 5.56. The van der Waals surface area contributed by atoms with Crippen LogP contribution in [0.5, 0.6) is 0 Å². The van der Waals surface area contributed by atoms with Crippen molar-refractivity contribution in [2.75, 3.05) is 13.6 Å². The molecule has 1 aliphatic carbocycles. The molecule has 1 saturated carbocycles. The molecule has 0 saturated heterocycles. The van der Waals surface area contributed by atoms with E-state index in [2.05, 4.69) is 26.1 Å². The molecule has 0 spiro atoms. The SMILES string of the molecule is CNCC(C)C1CC(C(C)=O)C1(C)C. The number of nitrogens with one attached hydrogen (secondary N) is 1. The van der Waals surface area contributed by atoms with Gasteiger partial charge in [0, 0.05) is 5.92 Å². The van der Waals surface area contributed by atoms with Gasteiger partial charge in [0.25, 0.3) is 0 Å². The summed E-state index contributed by atoms with van der Waals surface area (Å²) in [4.78, 5) is 11.4. The van der Waals surface area contributed by atoms with Crippen LogP contribution in [-0.2, 0) is 4.79 Å². The molecule has 0 aromatic rings. The third kappa shape index (κ3) is 1.85. The molecule has 0 aromatic carbocycles. The first-order chi connectivity index (χ1) is 6.41. The quantitative estimate of drug-likeness (QED) is 0.747. The van der Waals surface area contributed by atoms with Crippen LogP contribution >= 0.6 is 0 Å². The standard InChI is InChI=1S/C12H23NO/c1-8(7-13-5)10-6-11(9(2)14)12(10,3)4/h8,10-11,13H,6-7H2,1-5H3. The van der Waals surface area contributed by atoms with Crippen molar-refractivity contribution < 1.29 is 4.79 Å². The van der Waals surface area contributed by atoms with Crippen molar-refractivity contribution in [2.24, 2.45) is 23.2 Å². The van der Waals surface area contributed by atoms with Gasteiger partial charge in [-0.3, -0.25) is 4.79 Å². The summed E-state index contributed by atoms with van der Waals surface area (Å²) in [7, 11) is 1.99. The van der Waals surface area contributed by atoms with Gasteiger partial charge in [0.1, 0.15) is 5.78 Å². The molecule has 1 fully saturated rings. The highest BCUT2D eigenvalue weighted by atomic mass is 16.1. The van der Waals surface area contributed by atoms with Crippen molar-refractivity contribution in [1.82, 2.24) is 5.32 Å². The third-order valence-electron chi connectivity index (χ3n) is 4.05. The van der Waals surface area contributed by atoms with Gasteiger partial charge in [-0.05, 0) is 44.2 Å². The lowest BCUT2D eigenvalue weighted by Gasteiger charge is -2.54. The maximum atomic E-state index is 11.4. The van der Waals surface area contributed by atoms with Crippen LogP contribution in [0.1, 0.15) is 34.1 Å². The lowest BCUT2D eigenvalue weighted by atomic mass is 9.50. The molecule has 1 rings (SSSR count). The summed E-state index contributed by atoms with van der Waals surface area (Å²) in [5.41, 5.74) is 0.210. The molecule has 0 amide bonds. The lowest BCUT2D eigenvalue weighted by molar-refractivity contribution is -0.139. The first-order valence-corrected chi connectivity index (χ1v) is 5.56. The van der Waals surface area contributed by atoms with Crippen LogP contribution < -0.4 is 5.32 Å². The van der Waals surface area contributed by atoms with Crippen molar-refractivity contribution in [3.05, 3.63) is 0 Å². The second-order valence-electron chi connectivity index (χ2n) is 5.36. The zero-order valence-corrected chi connectivity index (χ0v) is 10.1. The molecule has 14 heavy (non-hydrogen) atoms. The van der Waals surface area contributed by atoms with Crippen LogP contribution in [0.3, 0.4) is 0 Å². The summed E-state index contributed by atoms with van der Waals surface area (Å²) in [6.07, 6.45) is 1.09. The van der Waals surface area contributed by atoms with Crippen LogP contribution in [-0.4, -0.2) is 19.4 Å². The number of carbonyl (C=O) groups excluding carboxylic acids is 1. The highest BCUT2D eigenvalue weighted by molar-refractivity contribution is 5.80. The topological polar surface area (TPSA) is 29.1 Å². The van der Waals surface area contributed by atoms with E-state index in [9.17, 15) is 4.79 Å². The van der Waals surface area contributed by atoms with Gasteiger partial charge in [-0.25, -0.2) is 0 Å². The minimum absolute atomic E-state index is 0.210. The zero-order chi connectivity index (χ0) is 10.9. The van der Waals surface area contributed by atoms with Gasteiger partial charge in [0.05, 0.1) is 0 Å². The molecule has 0 radical (unpaired) electrons. The van der Waals surface area contributed by atoms with E-state index in [1.807, 2.05) is 7.05 Å². The monoisotopic (exact) mass is 197 g/mol. The summed E-state index contributed by atoms with van der Waals surface area (Å²) in [6.45, 7) is 9.53. The normalized spacial score (nSPS) is 32.1. The van der Waals surface area contributed by atoms with Crippen LogP contribution in [0, 0.1) is 23.2 Å². The largest absolute Gasteiger partial charge is 0.319 e. The van der Waals surface area contributed by atoms with E-state index in [1.54, 1.807) is 6.92 Å². The van der Waals surface area contributed by atoms with Crippen LogP contribution in [0.4, 0.5) is 0 Å². The fraction of sp³-hybridized carbons (Fsp3) is 0.917. The van der Waals surface area contributed by atoms with Crippen molar-refractivity contribution in [2.45, 2.75) is 34.1 Å². The molecule has 0 heterocycles. The van der Waals surface area contributed by atoms with E-state index in [0.29, 0.717) is 23.5 Å². The molecule has 3 atom stereocenters. The summed E-state index contributed by atoms with van der Waals surface area (Å²) in [5, 5.41) is 3.21. The summed E-state index contributed by atoms with van der Waals surface area (Å²) >= 11 is 0. The average Bonchev–Trinajstić information content (AvgIpc) is 2.02. The molecule has 1 aliphatic rings. The Bertz CT molecular complexity index is 222. The van der Waals surface area contributed by atoms with Gasteiger partial charge in [0.15, 0.2) is 0 Å². The van der Waals surface area contributed by atoms with Crippen molar-refractivity contribution >= 4 is 5.78 Å². The zero-order valence-electron chi connectivity index (χ0n) is 10.1. The Hall–Kier alpha value is -0.370. The molecule has 82 valence electrons. The second kappa shape index (κ2) is 4.01. The average molecular weight is 197 g/mol. The third-order valence-corrected chi connectivity index (χ3v) is 4.05. The van der Waals surface area contributed by atoms with Gasteiger partial charge in [-0.1, -0.05) is 20.8 Å². The molecule has 0 aromatic heterocycles. The van der Waals surface area contributed by atoms with Gasteiger partial charge >= 0.3 is 0 Å². The number of hydrogen-bond donors (Lipinski definition) is 1. The van der Waals surface area contributed by atoms with Crippen molar-refractivity contribution in [3.8, 4) is 0 Å². The molecule has 2 nitrogen and oxygen atoms in total. The molecular weight excluding hydrogens is 174 g/mol. The Balaban J connectivity index is 2.58. The highest BCUT2D eigenvalue weighted by Gasteiger charge is 2.51. The van der Waals surface area contributed by atoms with Crippen LogP contribution in [0.2, 0.25) is 0 Å². The maximum absolute atomic E-state index is 11.4. The fourth-order valence-electron chi connectivity index (χ4n) is 3.08. The molecule has 0 bridgehead atoms. The smallest absolute Gasteiger partial charge is 0.133 e. The fourth-order valence-corrected chi connectivity index (χ4v) is 3.08. The second-order valence-corrected chi connectivity index (χ2v) is 5.36. The number of hydrogen-bond acceptors (Lipinski definition) is 2. The first kappa shape index (κ1) is 11.7. The molecule has 2 heteroatoms. The number of ketones is 1. The summed E-state index contributed by atoms with van der Waals surface area (Å²) < 4.78 is 0. The van der Waals surface area contributed by atoms with E-state index in [-0.39, 0.29) is 5.41 Å². The Morgan fingerprint density at radius 1 is 1.57 bits per heavy atom. The Morgan fingerprint density at radius 3 is 2.50 bits per heavy atom. The minimum atomic E-state index is 0.210. The molecule has 3 unspecified atom stereocenters. The molecule has 1 N–H and O–H groups in total. The van der Waals surface area contributed by atoms with E-state index < -0.39 is 0 Å². The van der Waals surface area contributed by atoms with Gasteiger partial charge in [-0.15, -0.1) is 0 Å². The van der Waals surface area contributed by atoms with Crippen LogP contribution in [0.25, 0.3) is 0 Å². The van der Waals surface area contributed by atoms with Gasteiger partial charge in [-0.2, -0.15) is 0 Å². The number of Topliss-reactive ketones (excluding diaryl/α,β-unsaturated/α-hetero) is 1. The maximum Gasteiger partial charge on any atom is 0.133 e. The molecular formula is C12H23NO. The van der Waals surface area contributed by atoms with E-state index in [0.717, 1.165) is 13.0 Å². The molecule has 0 aliphatic heterocycles. The predicted molar refractivity (Wildman–Crippen MR) is 59.1 cm³/mol. The Labute approximate surface area is 87.5 Å². The summed E-state index contributed by atoms with van der Waals surface area (Å²) in [5.74, 6) is 2.03. The number of carbonyl (C=O) groups is 1. The Morgan fingerprint density at radius 2 is 2.14 bits per heavy atom. The van der Waals surface area contributed by atoms with E-state index in [4.69, 9.17) is 0 Å².